The van der Waals surface area contributed by atoms with Crippen LogP contribution in [0.3, 0.4) is 0 Å². The molecule has 0 aliphatic carbocycles. The molecule has 0 aromatic heterocycles. The molecule has 1 aliphatic heterocycles. The van der Waals surface area contributed by atoms with E-state index in [1.807, 2.05) is 0 Å². The number of benzene rings is 2. The maximum atomic E-state index is 4.61. The number of nitrogens with one attached hydrogen (secondary N) is 1. The van der Waals surface area contributed by atoms with Crippen molar-refractivity contribution in [1.82, 2.24) is 5.32 Å². The van der Waals surface area contributed by atoms with Crippen LogP contribution in [0.5, 0.6) is 0 Å². The van der Waals surface area contributed by atoms with Gasteiger partial charge in [-0.25, -0.2) is 0 Å². The molecule has 0 spiro atoms. The van der Waals surface area contributed by atoms with Crippen molar-refractivity contribution >= 4 is 16.6 Å². The second-order valence-electron chi connectivity index (χ2n) is 4.23. The normalized spacial score (nSPS) is 19.6. The van der Waals surface area contributed by atoms with E-state index in [1.54, 1.807) is 0 Å². The van der Waals surface area contributed by atoms with E-state index in [0.717, 1.165) is 12.4 Å². The molecule has 0 saturated heterocycles. The Bertz CT molecular complexity index is 552. The maximum absolute atomic E-state index is 4.61. The van der Waals surface area contributed by atoms with E-state index in [0.29, 0.717) is 6.04 Å². The van der Waals surface area contributed by atoms with Crippen molar-refractivity contribution in [1.29, 1.82) is 0 Å². The van der Waals surface area contributed by atoms with Crippen molar-refractivity contribution in [2.75, 3.05) is 6.54 Å². The molecule has 2 aromatic carbocycles. The molecule has 0 saturated carbocycles. The Labute approximate surface area is 95.0 Å². The summed E-state index contributed by atoms with van der Waals surface area (Å²) in [5.74, 6) is 1.03. The Morgan fingerprint density at radius 2 is 1.94 bits per heavy atom. The number of nitrogens with zero attached hydrogens (tertiary/aromatic N) is 1. The zero-order valence-corrected chi connectivity index (χ0v) is 9.27. The van der Waals surface area contributed by atoms with Gasteiger partial charge in [-0.1, -0.05) is 42.5 Å². The van der Waals surface area contributed by atoms with E-state index < -0.39 is 0 Å². The Kier molecular flexibility index (Phi) is 2.13. The highest BCUT2D eigenvalue weighted by molar-refractivity contribution is 6.10. The standard InChI is InChI=1S/C14H14N2/c1-10-9-15-14(16-10)13-8-4-6-11-5-2-3-7-12(11)13/h2-8,10H,9H2,1H3,(H,15,16). The highest BCUT2D eigenvalue weighted by Crippen LogP contribution is 2.20. The van der Waals surface area contributed by atoms with Gasteiger partial charge in [0.25, 0.3) is 0 Å². The van der Waals surface area contributed by atoms with E-state index in [-0.39, 0.29) is 0 Å². The molecule has 2 heteroatoms. The number of hydrogen-bond acceptors (Lipinski definition) is 2. The lowest BCUT2D eigenvalue weighted by atomic mass is 10.0. The van der Waals surface area contributed by atoms with E-state index in [4.69, 9.17) is 0 Å². The molecular formula is C14H14N2. The second kappa shape index (κ2) is 3.63. The zero-order chi connectivity index (χ0) is 11.0. The van der Waals surface area contributed by atoms with Gasteiger partial charge in [0.1, 0.15) is 5.84 Å². The van der Waals surface area contributed by atoms with Crippen molar-refractivity contribution in [2.45, 2.75) is 13.0 Å². The minimum atomic E-state index is 0.383. The van der Waals surface area contributed by atoms with Gasteiger partial charge in [-0.05, 0) is 17.7 Å². The molecule has 1 N–H and O–H groups in total. The molecule has 2 nitrogen and oxygen atoms in total. The van der Waals surface area contributed by atoms with Crippen LogP contribution < -0.4 is 5.32 Å². The summed E-state index contributed by atoms with van der Waals surface area (Å²) in [4.78, 5) is 4.61. The smallest absolute Gasteiger partial charge is 0.129 e. The lowest BCUT2D eigenvalue weighted by Gasteiger charge is -2.06. The largest absolute Gasteiger partial charge is 0.368 e. The molecule has 1 aliphatic rings. The van der Waals surface area contributed by atoms with Crippen LogP contribution in [-0.2, 0) is 0 Å². The van der Waals surface area contributed by atoms with Crippen LogP contribution in [0.2, 0.25) is 0 Å². The zero-order valence-electron chi connectivity index (χ0n) is 9.27. The quantitative estimate of drug-likeness (QED) is 0.768. The fourth-order valence-corrected chi connectivity index (χ4v) is 2.15. The lowest BCUT2D eigenvalue weighted by molar-refractivity contribution is 0.766. The molecule has 0 amide bonds. The average Bonchev–Trinajstić information content (AvgIpc) is 2.75. The number of amidine groups is 1. The summed E-state index contributed by atoms with van der Waals surface area (Å²) in [5, 5.41) is 5.90. The molecule has 0 bridgehead atoms. The first-order valence-corrected chi connectivity index (χ1v) is 5.64. The molecular weight excluding hydrogens is 196 g/mol. The first-order chi connectivity index (χ1) is 7.84. The van der Waals surface area contributed by atoms with Crippen LogP contribution in [0, 0.1) is 0 Å². The predicted molar refractivity (Wildman–Crippen MR) is 67.9 cm³/mol. The lowest BCUT2D eigenvalue weighted by Crippen LogP contribution is -2.21. The summed E-state index contributed by atoms with van der Waals surface area (Å²) >= 11 is 0. The van der Waals surface area contributed by atoms with Gasteiger partial charge in [-0.2, -0.15) is 0 Å². The Morgan fingerprint density at radius 1 is 1.12 bits per heavy atom. The number of rotatable bonds is 1. The highest BCUT2D eigenvalue weighted by atomic mass is 15.1. The summed E-state index contributed by atoms with van der Waals surface area (Å²) in [5.41, 5.74) is 1.21. The molecule has 0 radical (unpaired) electrons. The SMILES string of the molecule is CC1CNC(c2cccc3ccccc23)=N1. The first kappa shape index (κ1) is 9.40. The van der Waals surface area contributed by atoms with Gasteiger partial charge in [-0.3, -0.25) is 4.99 Å². The van der Waals surface area contributed by atoms with Gasteiger partial charge in [0, 0.05) is 12.1 Å². The van der Waals surface area contributed by atoms with Crippen molar-refractivity contribution < 1.29 is 0 Å². The summed E-state index contributed by atoms with van der Waals surface area (Å²) in [6.07, 6.45) is 0. The average molecular weight is 210 g/mol. The van der Waals surface area contributed by atoms with Crippen molar-refractivity contribution in [3.8, 4) is 0 Å². The van der Waals surface area contributed by atoms with Crippen molar-refractivity contribution in [3.63, 3.8) is 0 Å². The Morgan fingerprint density at radius 3 is 2.75 bits per heavy atom. The number of aliphatic imine (C=N–C) groups is 1. The van der Waals surface area contributed by atoms with Crippen molar-refractivity contribution in [2.24, 2.45) is 4.99 Å². The predicted octanol–water partition coefficient (Wildman–Crippen LogP) is 2.58. The van der Waals surface area contributed by atoms with Gasteiger partial charge in [0.2, 0.25) is 0 Å². The van der Waals surface area contributed by atoms with Crippen LogP contribution in [0.4, 0.5) is 0 Å². The maximum Gasteiger partial charge on any atom is 0.129 e. The van der Waals surface area contributed by atoms with Crippen LogP contribution in [0.15, 0.2) is 47.5 Å². The van der Waals surface area contributed by atoms with Gasteiger partial charge in [0.05, 0.1) is 6.04 Å². The molecule has 3 rings (SSSR count). The molecule has 2 aromatic rings. The fraction of sp³-hybridized carbons (Fsp3) is 0.214. The summed E-state index contributed by atoms with van der Waals surface area (Å²) in [7, 11) is 0. The van der Waals surface area contributed by atoms with Crippen LogP contribution in [-0.4, -0.2) is 18.4 Å². The molecule has 1 unspecified atom stereocenters. The molecule has 16 heavy (non-hydrogen) atoms. The van der Waals surface area contributed by atoms with Crippen LogP contribution >= 0.6 is 0 Å². The van der Waals surface area contributed by atoms with Crippen LogP contribution in [0.25, 0.3) is 10.8 Å². The van der Waals surface area contributed by atoms with Gasteiger partial charge in [-0.15, -0.1) is 0 Å². The van der Waals surface area contributed by atoms with E-state index in [1.165, 1.54) is 16.3 Å². The summed E-state index contributed by atoms with van der Waals surface area (Å²) in [6.45, 7) is 3.07. The molecule has 1 atom stereocenters. The Balaban J connectivity index is 2.20. The minimum absolute atomic E-state index is 0.383. The van der Waals surface area contributed by atoms with Gasteiger partial charge >= 0.3 is 0 Å². The third-order valence-electron chi connectivity index (χ3n) is 2.96. The van der Waals surface area contributed by atoms with E-state index >= 15 is 0 Å². The van der Waals surface area contributed by atoms with Crippen molar-refractivity contribution in [3.05, 3.63) is 48.0 Å². The number of fused-ring (bicyclic) bond motifs is 1. The third kappa shape index (κ3) is 1.47. The molecule has 1 heterocycles. The fourth-order valence-electron chi connectivity index (χ4n) is 2.15. The second-order valence-corrected chi connectivity index (χ2v) is 4.23. The summed E-state index contributed by atoms with van der Waals surface area (Å²) < 4.78 is 0. The molecule has 80 valence electrons. The first-order valence-electron chi connectivity index (χ1n) is 5.64. The van der Waals surface area contributed by atoms with Crippen LogP contribution in [0.1, 0.15) is 12.5 Å². The van der Waals surface area contributed by atoms with Gasteiger partial charge < -0.3 is 5.32 Å². The number of hydrogen-bond donors (Lipinski definition) is 1. The topological polar surface area (TPSA) is 24.4 Å². The third-order valence-corrected chi connectivity index (χ3v) is 2.96. The Hall–Kier alpha value is -1.83. The van der Waals surface area contributed by atoms with Gasteiger partial charge in [0.15, 0.2) is 0 Å². The monoisotopic (exact) mass is 210 g/mol. The minimum Gasteiger partial charge on any atom is -0.368 e. The van der Waals surface area contributed by atoms with E-state index in [2.05, 4.69) is 59.7 Å². The molecule has 0 fully saturated rings. The van der Waals surface area contributed by atoms with E-state index in [9.17, 15) is 0 Å². The summed E-state index contributed by atoms with van der Waals surface area (Å²) in [6, 6.07) is 15.2. The highest BCUT2D eigenvalue weighted by Gasteiger charge is 2.15.